The molecule has 50 heavy (non-hydrogen) atoms. The van der Waals surface area contributed by atoms with Gasteiger partial charge in [0.2, 0.25) is 21.9 Å². The summed E-state index contributed by atoms with van der Waals surface area (Å²) in [6, 6.07) is 12.8. The van der Waals surface area contributed by atoms with E-state index in [-0.39, 0.29) is 29.4 Å². The van der Waals surface area contributed by atoms with Crippen LogP contribution in [0.3, 0.4) is 0 Å². The number of hydrogen-bond acceptors (Lipinski definition) is 11. The predicted octanol–water partition coefficient (Wildman–Crippen LogP) is 6.98. The third-order valence-corrected chi connectivity index (χ3v) is 9.07. The number of amides is 1. The maximum Gasteiger partial charge on any atom is 0.410 e. The van der Waals surface area contributed by atoms with E-state index in [0.717, 1.165) is 12.8 Å². The minimum Gasteiger partial charge on any atom is -0.444 e. The smallest absolute Gasteiger partial charge is 0.410 e. The van der Waals surface area contributed by atoms with Crippen molar-refractivity contribution in [3.05, 3.63) is 83.8 Å². The van der Waals surface area contributed by atoms with Crippen molar-refractivity contribution in [3.63, 3.8) is 0 Å². The van der Waals surface area contributed by atoms with Gasteiger partial charge in [-0.15, -0.1) is 0 Å². The summed E-state index contributed by atoms with van der Waals surface area (Å²) in [6.45, 7) is 10.1. The largest absolute Gasteiger partial charge is 0.444 e. The number of benzene rings is 2. The van der Waals surface area contributed by atoms with Crippen molar-refractivity contribution >= 4 is 38.5 Å². The van der Waals surface area contributed by atoms with Crippen molar-refractivity contribution in [1.82, 2.24) is 25.0 Å². The molecule has 1 aliphatic rings. The minimum atomic E-state index is -4.05. The van der Waals surface area contributed by atoms with Crippen molar-refractivity contribution in [2.45, 2.75) is 64.9 Å². The molecule has 0 spiro atoms. The summed E-state index contributed by atoms with van der Waals surface area (Å²) in [5, 5.41) is 7.86. The molecule has 1 atom stereocenters. The topological polar surface area (TPSA) is 162 Å². The highest BCUT2D eigenvalue weighted by atomic mass is 32.2. The number of hydrogen-bond donors (Lipinski definition) is 2. The highest BCUT2D eigenvalue weighted by molar-refractivity contribution is 7.91. The average Bonchev–Trinajstić information content (AvgIpc) is 3.46. The zero-order valence-electron chi connectivity index (χ0n) is 28.4. The molecule has 0 saturated carbocycles. The van der Waals surface area contributed by atoms with Crippen LogP contribution in [0.1, 0.15) is 50.6 Å². The second-order valence-corrected chi connectivity index (χ2v) is 14.9. The van der Waals surface area contributed by atoms with E-state index in [9.17, 15) is 13.2 Å². The molecule has 2 N–H and O–H groups in total. The number of fused-ring (bicyclic) bond motifs is 1. The van der Waals surface area contributed by atoms with Gasteiger partial charge in [0.15, 0.2) is 0 Å². The van der Waals surface area contributed by atoms with Crippen LogP contribution in [0.15, 0.2) is 65.4 Å². The number of anilines is 2. The number of carbonyl (C=O) groups excluding carboxylic acids is 1. The average molecular weight is 704 g/mol. The number of aromatic nitrogens is 4. The molecule has 1 unspecified atom stereocenters. The summed E-state index contributed by atoms with van der Waals surface area (Å²) in [5.41, 5.74) is 1.21. The Labute approximate surface area is 289 Å². The molecule has 262 valence electrons. The number of sulfonamides is 1. The van der Waals surface area contributed by atoms with Crippen molar-refractivity contribution in [2.24, 2.45) is 0 Å². The van der Waals surface area contributed by atoms with Gasteiger partial charge in [0, 0.05) is 48.4 Å². The van der Waals surface area contributed by atoms with Crippen LogP contribution < -0.4 is 14.8 Å². The monoisotopic (exact) mass is 703 g/mol. The van der Waals surface area contributed by atoms with Gasteiger partial charge in [-0.1, -0.05) is 17.3 Å². The Hall–Kier alpha value is -5.31. The van der Waals surface area contributed by atoms with Crippen molar-refractivity contribution in [2.75, 3.05) is 23.1 Å². The van der Waals surface area contributed by atoms with Crippen LogP contribution in [0, 0.1) is 19.7 Å². The summed E-state index contributed by atoms with van der Waals surface area (Å²) < 4.78 is 60.6. The number of ether oxygens (including phenoxy) is 2. The predicted molar refractivity (Wildman–Crippen MR) is 186 cm³/mol. The van der Waals surface area contributed by atoms with Crippen molar-refractivity contribution in [1.29, 1.82) is 0 Å². The van der Waals surface area contributed by atoms with Crippen molar-refractivity contribution in [3.8, 4) is 22.9 Å². The van der Waals surface area contributed by atoms with E-state index >= 15 is 4.39 Å². The van der Waals surface area contributed by atoms with E-state index in [1.807, 2.05) is 33.8 Å². The second-order valence-electron chi connectivity index (χ2n) is 13.2. The zero-order valence-corrected chi connectivity index (χ0v) is 29.2. The number of nitrogens with zero attached hydrogens (tertiary/aromatic N) is 5. The highest BCUT2D eigenvalue weighted by Gasteiger charge is 2.28. The van der Waals surface area contributed by atoms with Crippen LogP contribution in [0.4, 0.5) is 20.8 Å². The SMILES string of the molecule is Cc1cc(CS(=O)(=O)Nc2c(F)ccc3c(Oc4ncccc4-c4ccnc(NC5CCCN(C(=O)OC(C)(C)C)C5)n4)c(C)ccc23)no1. The Balaban J connectivity index is 1.25. The molecule has 0 aliphatic carbocycles. The van der Waals surface area contributed by atoms with E-state index < -0.39 is 27.2 Å². The normalized spacial score (nSPS) is 15.2. The summed E-state index contributed by atoms with van der Waals surface area (Å²) in [6.07, 6.45) is 4.48. The summed E-state index contributed by atoms with van der Waals surface area (Å²) in [4.78, 5) is 28.0. The van der Waals surface area contributed by atoms with E-state index in [0.29, 0.717) is 58.1 Å². The maximum absolute atomic E-state index is 15.2. The number of carbonyl (C=O) groups is 1. The first-order valence-electron chi connectivity index (χ1n) is 16.1. The molecule has 1 fully saturated rings. The van der Waals surface area contributed by atoms with E-state index in [1.165, 1.54) is 18.2 Å². The molecule has 0 bridgehead atoms. The Morgan fingerprint density at radius 3 is 2.64 bits per heavy atom. The number of nitrogens with one attached hydrogen (secondary N) is 2. The van der Waals surface area contributed by atoms with Gasteiger partial charge in [-0.3, -0.25) is 4.72 Å². The first-order chi connectivity index (χ1) is 23.7. The number of aryl methyl sites for hydroxylation is 2. The molecule has 15 heteroatoms. The Kier molecular flexibility index (Phi) is 9.60. The molecule has 0 radical (unpaired) electrons. The Bertz CT molecular complexity index is 2150. The molecule has 3 aromatic heterocycles. The lowest BCUT2D eigenvalue weighted by Crippen LogP contribution is -2.47. The van der Waals surface area contributed by atoms with Gasteiger partial charge >= 0.3 is 6.09 Å². The van der Waals surface area contributed by atoms with Gasteiger partial charge in [-0.2, -0.15) is 0 Å². The summed E-state index contributed by atoms with van der Waals surface area (Å²) >= 11 is 0. The molecule has 2 aromatic carbocycles. The van der Waals surface area contributed by atoms with Crippen molar-refractivity contribution < 1.29 is 31.6 Å². The second kappa shape index (κ2) is 13.9. The Morgan fingerprint density at radius 2 is 1.88 bits per heavy atom. The van der Waals surface area contributed by atoms with Gasteiger partial charge in [0.05, 0.1) is 16.9 Å². The summed E-state index contributed by atoms with van der Waals surface area (Å²) in [7, 11) is -4.05. The fourth-order valence-corrected chi connectivity index (χ4v) is 6.80. The lowest BCUT2D eigenvalue weighted by Gasteiger charge is -2.34. The maximum atomic E-state index is 15.2. The van der Waals surface area contributed by atoms with Gasteiger partial charge < -0.3 is 24.2 Å². The van der Waals surface area contributed by atoms with E-state index in [2.05, 4.69) is 25.2 Å². The molecule has 1 saturated heterocycles. The summed E-state index contributed by atoms with van der Waals surface area (Å²) in [5.74, 6) is 0.191. The van der Waals surface area contributed by atoms with Crippen LogP contribution in [0.5, 0.6) is 11.6 Å². The highest BCUT2D eigenvalue weighted by Crippen LogP contribution is 2.40. The van der Waals surface area contributed by atoms with Gasteiger partial charge in [0.25, 0.3) is 0 Å². The van der Waals surface area contributed by atoms with Crippen LogP contribution >= 0.6 is 0 Å². The molecular formula is C35H38FN7O6S. The van der Waals surface area contributed by atoms with Gasteiger partial charge in [0.1, 0.15) is 34.4 Å². The lowest BCUT2D eigenvalue weighted by atomic mass is 10.0. The number of pyridine rings is 1. The first kappa shape index (κ1) is 34.5. The molecule has 13 nitrogen and oxygen atoms in total. The zero-order chi connectivity index (χ0) is 35.6. The number of piperidine rings is 1. The molecule has 6 rings (SSSR count). The van der Waals surface area contributed by atoms with Crippen LogP contribution in [0.25, 0.3) is 22.0 Å². The number of rotatable bonds is 9. The lowest BCUT2D eigenvalue weighted by molar-refractivity contribution is 0.0206. The molecular weight excluding hydrogens is 665 g/mol. The molecule has 4 heterocycles. The standard InChI is InChI=1S/C35H38FN7O6S/c1-21-10-11-25-26(12-13-28(36)30(25)42-50(45,46)20-24-18-22(2)49-41-24)31(21)47-32-27(9-6-15-37-32)29-14-16-38-33(40-29)39-23-8-7-17-43(19-23)34(44)48-35(3,4)5/h6,9-16,18,23,42H,7-8,17,19-20H2,1-5H3,(H,38,39,40). The molecule has 5 aromatic rings. The fourth-order valence-electron chi connectivity index (χ4n) is 5.68. The van der Waals surface area contributed by atoms with Gasteiger partial charge in [-0.25, -0.2) is 32.6 Å². The first-order valence-corrected chi connectivity index (χ1v) is 17.7. The molecule has 1 amide bonds. The van der Waals surface area contributed by atoms with Crippen LogP contribution in [0.2, 0.25) is 0 Å². The third-order valence-electron chi connectivity index (χ3n) is 7.88. The van der Waals surface area contributed by atoms with E-state index in [4.69, 9.17) is 19.0 Å². The fraction of sp³-hybridized carbons (Fsp3) is 0.343. The number of halogens is 1. The third kappa shape index (κ3) is 8.10. The van der Waals surface area contributed by atoms with Crippen LogP contribution in [-0.2, 0) is 20.5 Å². The Morgan fingerprint density at radius 1 is 1.08 bits per heavy atom. The van der Waals surface area contributed by atoms with E-state index in [1.54, 1.807) is 48.5 Å². The number of likely N-dealkylation sites (tertiary alicyclic amines) is 1. The molecule has 1 aliphatic heterocycles. The minimum absolute atomic E-state index is 0.0819. The van der Waals surface area contributed by atoms with Crippen LogP contribution in [-0.4, -0.2) is 64.3 Å². The quantitative estimate of drug-likeness (QED) is 0.163. The van der Waals surface area contributed by atoms with Gasteiger partial charge in [-0.05, 0) is 83.4 Å².